The van der Waals surface area contributed by atoms with Gasteiger partial charge in [-0.05, 0) is 29.2 Å². The van der Waals surface area contributed by atoms with Gasteiger partial charge in [0.15, 0.2) is 0 Å². The van der Waals surface area contributed by atoms with E-state index >= 15 is 0 Å². The van der Waals surface area contributed by atoms with Crippen molar-refractivity contribution >= 4 is 25.5 Å². The number of carbonyl (C=O) groups is 3. The molecule has 1 amide bonds. The van der Waals surface area contributed by atoms with E-state index in [1.54, 1.807) is 24.3 Å². The Morgan fingerprint density at radius 1 is 1.10 bits per heavy atom. The maximum Gasteiger partial charge on any atom is 0.475 e. The smallest absolute Gasteiger partial charge is 0.475 e. The molecule has 0 radical (unpaired) electrons. The van der Waals surface area contributed by atoms with Gasteiger partial charge in [0.25, 0.3) is 6.47 Å². The van der Waals surface area contributed by atoms with Crippen LogP contribution in [0.5, 0.6) is 5.75 Å². The number of carboxylic acids is 1. The average Bonchev–Trinajstić information content (AvgIpc) is 2.69. The van der Waals surface area contributed by atoms with Crippen molar-refractivity contribution in [3.63, 3.8) is 0 Å². The summed E-state index contributed by atoms with van der Waals surface area (Å²) < 4.78 is 0. The van der Waals surface area contributed by atoms with Gasteiger partial charge in [-0.25, -0.2) is 4.79 Å². The van der Waals surface area contributed by atoms with Crippen LogP contribution >= 0.6 is 0 Å². The number of hydrogen-bond acceptors (Lipinski definition) is 7. The Kier molecular flexibility index (Phi) is 10.0. The number of para-hydroxylation sites is 1. The Hall–Kier alpha value is -3.41. The van der Waals surface area contributed by atoms with E-state index in [9.17, 15) is 24.7 Å². The van der Waals surface area contributed by atoms with Gasteiger partial charge >= 0.3 is 13.1 Å². The Bertz CT molecular complexity index is 858. The fourth-order valence-corrected chi connectivity index (χ4v) is 2.63. The first kappa shape index (κ1) is 24.6. The van der Waals surface area contributed by atoms with Crippen LogP contribution in [0.4, 0.5) is 0 Å². The normalized spacial score (nSPS) is 10.9. The standard InChI is InChI=1S/C18H21BN2O6.CH2O2/c20-10-12-6-4-11(5-7-12)8-16(22)21-15(19(26)27)9-13-2-1-3-14(17(13)23)18(24)25;2-1-3/h1-7,15,23,26-27H,8-10,20H2,(H,21,22)(H,24,25);1H,(H,2,3)/t15-;/m0./s1. The summed E-state index contributed by atoms with van der Waals surface area (Å²) in [6, 6.07) is 11.2. The SMILES string of the molecule is NCc1ccc(CC(=O)N[C@@H](Cc2cccc(C(=O)O)c2O)B(O)O)cc1.O=CO. The van der Waals surface area contributed by atoms with Gasteiger partial charge in [0.1, 0.15) is 11.3 Å². The fraction of sp³-hybridized carbons (Fsp3) is 0.211. The second-order valence-corrected chi connectivity index (χ2v) is 6.21. The van der Waals surface area contributed by atoms with Crippen molar-refractivity contribution in [1.82, 2.24) is 5.32 Å². The van der Waals surface area contributed by atoms with E-state index in [1.807, 2.05) is 0 Å². The molecule has 0 aliphatic carbocycles. The molecule has 0 saturated heterocycles. The minimum Gasteiger partial charge on any atom is -0.507 e. The third-order valence-corrected chi connectivity index (χ3v) is 4.12. The van der Waals surface area contributed by atoms with Crippen LogP contribution in [0.1, 0.15) is 27.0 Å². The zero-order valence-corrected chi connectivity index (χ0v) is 15.9. The summed E-state index contributed by atoms with van der Waals surface area (Å²) >= 11 is 0. The lowest BCUT2D eigenvalue weighted by Gasteiger charge is -2.19. The highest BCUT2D eigenvalue weighted by Gasteiger charge is 2.27. The van der Waals surface area contributed by atoms with E-state index < -0.39 is 30.7 Å². The van der Waals surface area contributed by atoms with Crippen molar-refractivity contribution in [2.45, 2.75) is 25.3 Å². The molecular weight excluding hydrogens is 395 g/mol. The lowest BCUT2D eigenvalue weighted by molar-refractivity contribution is -0.123. The molecule has 2 rings (SSSR count). The number of hydrogen-bond donors (Lipinski definition) is 7. The van der Waals surface area contributed by atoms with E-state index in [2.05, 4.69) is 5.32 Å². The number of rotatable bonds is 8. The monoisotopic (exact) mass is 418 g/mol. The summed E-state index contributed by atoms with van der Waals surface area (Å²) in [5.74, 6) is -3.33. The predicted octanol–water partition coefficient (Wildman–Crippen LogP) is -0.468. The molecule has 0 saturated carbocycles. The third kappa shape index (κ3) is 7.55. The molecule has 2 aromatic carbocycles. The molecule has 11 heteroatoms. The summed E-state index contributed by atoms with van der Waals surface area (Å²) in [6.07, 6.45) is -0.127. The number of nitrogens with one attached hydrogen (secondary N) is 1. The summed E-state index contributed by atoms with van der Waals surface area (Å²) in [6.45, 7) is 0.143. The number of carboxylic acid groups (broad SMARTS) is 2. The molecule has 8 N–H and O–H groups in total. The van der Waals surface area contributed by atoms with Gasteiger partial charge in [-0.3, -0.25) is 9.59 Å². The van der Waals surface area contributed by atoms with Crippen molar-refractivity contribution in [1.29, 1.82) is 0 Å². The molecule has 160 valence electrons. The average molecular weight is 418 g/mol. The highest BCUT2D eigenvalue weighted by atomic mass is 16.4. The predicted molar refractivity (Wildman–Crippen MR) is 108 cm³/mol. The van der Waals surface area contributed by atoms with Crippen molar-refractivity contribution < 1.29 is 39.8 Å². The largest absolute Gasteiger partial charge is 0.507 e. The topological polar surface area (TPSA) is 190 Å². The van der Waals surface area contributed by atoms with Gasteiger partial charge < -0.3 is 36.4 Å². The number of amides is 1. The molecule has 0 aliphatic heterocycles. The van der Waals surface area contributed by atoms with Gasteiger partial charge in [-0.2, -0.15) is 0 Å². The van der Waals surface area contributed by atoms with E-state index in [-0.39, 0.29) is 30.4 Å². The van der Waals surface area contributed by atoms with Crippen molar-refractivity contribution in [3.05, 3.63) is 64.7 Å². The molecule has 2 aromatic rings. The van der Waals surface area contributed by atoms with Gasteiger partial charge in [0.05, 0.1) is 12.4 Å². The molecule has 0 bridgehead atoms. The summed E-state index contributed by atoms with van der Waals surface area (Å²) in [4.78, 5) is 31.7. The molecule has 0 spiro atoms. The molecule has 30 heavy (non-hydrogen) atoms. The Labute approximate surface area is 172 Å². The van der Waals surface area contributed by atoms with Crippen molar-refractivity contribution in [3.8, 4) is 5.75 Å². The second-order valence-electron chi connectivity index (χ2n) is 6.21. The van der Waals surface area contributed by atoms with E-state index in [0.29, 0.717) is 6.54 Å². The van der Waals surface area contributed by atoms with Crippen molar-refractivity contribution in [2.24, 2.45) is 5.73 Å². The zero-order valence-electron chi connectivity index (χ0n) is 15.9. The highest BCUT2D eigenvalue weighted by molar-refractivity contribution is 6.43. The first-order chi connectivity index (χ1) is 14.2. The summed E-state index contributed by atoms with van der Waals surface area (Å²) in [7, 11) is -1.89. The molecule has 0 fully saturated rings. The fourth-order valence-electron chi connectivity index (χ4n) is 2.63. The highest BCUT2D eigenvalue weighted by Crippen LogP contribution is 2.24. The molecule has 0 aromatic heterocycles. The van der Waals surface area contributed by atoms with E-state index in [0.717, 1.165) is 11.1 Å². The van der Waals surface area contributed by atoms with Crippen LogP contribution in [0.25, 0.3) is 0 Å². The van der Waals surface area contributed by atoms with Gasteiger partial charge in [0, 0.05) is 6.54 Å². The Morgan fingerprint density at radius 2 is 1.67 bits per heavy atom. The third-order valence-electron chi connectivity index (χ3n) is 4.12. The number of phenols is 1. The van der Waals surface area contributed by atoms with Crippen LogP contribution in [0.15, 0.2) is 42.5 Å². The number of aromatic hydroxyl groups is 1. The van der Waals surface area contributed by atoms with Crippen LogP contribution in [0.3, 0.4) is 0 Å². The zero-order chi connectivity index (χ0) is 22.7. The summed E-state index contributed by atoms with van der Waals surface area (Å²) in [5, 5.41) is 47.6. The Balaban J connectivity index is 0.00000141. The minimum atomic E-state index is -1.89. The molecule has 0 heterocycles. The summed E-state index contributed by atoms with van der Waals surface area (Å²) in [5.41, 5.74) is 7.06. The van der Waals surface area contributed by atoms with E-state index in [4.69, 9.17) is 20.7 Å². The molecule has 10 nitrogen and oxygen atoms in total. The maximum atomic E-state index is 12.2. The van der Waals surface area contributed by atoms with Crippen LogP contribution in [-0.4, -0.2) is 56.8 Å². The number of aromatic carboxylic acids is 1. The number of carbonyl (C=O) groups excluding carboxylic acids is 1. The van der Waals surface area contributed by atoms with Gasteiger partial charge in [-0.1, -0.05) is 36.4 Å². The first-order valence-electron chi connectivity index (χ1n) is 8.78. The van der Waals surface area contributed by atoms with Crippen LogP contribution in [0, 0.1) is 0 Å². The molecule has 0 aliphatic rings. The minimum absolute atomic E-state index is 0.0230. The van der Waals surface area contributed by atoms with Gasteiger partial charge in [-0.15, -0.1) is 0 Å². The first-order valence-corrected chi connectivity index (χ1v) is 8.78. The number of nitrogens with two attached hydrogens (primary N) is 1. The van der Waals surface area contributed by atoms with E-state index in [1.165, 1.54) is 18.2 Å². The second kappa shape index (κ2) is 12.2. The van der Waals surface area contributed by atoms with Gasteiger partial charge in [0.2, 0.25) is 5.91 Å². The van der Waals surface area contributed by atoms with Crippen molar-refractivity contribution in [2.75, 3.05) is 0 Å². The van der Waals surface area contributed by atoms with Crippen LogP contribution in [0.2, 0.25) is 0 Å². The molecule has 0 unspecified atom stereocenters. The van der Waals surface area contributed by atoms with Crippen LogP contribution in [-0.2, 0) is 29.0 Å². The van der Waals surface area contributed by atoms with Crippen LogP contribution < -0.4 is 11.1 Å². The number of benzene rings is 2. The Morgan fingerprint density at radius 3 is 2.17 bits per heavy atom. The lowest BCUT2D eigenvalue weighted by atomic mass is 9.75. The lowest BCUT2D eigenvalue weighted by Crippen LogP contribution is -2.48. The quantitative estimate of drug-likeness (QED) is 0.219. The maximum absolute atomic E-state index is 12.2. The molecular formula is C19H23BN2O8. The molecule has 1 atom stereocenters.